The van der Waals surface area contributed by atoms with E-state index >= 15 is 0 Å². The van der Waals surface area contributed by atoms with Gasteiger partial charge < -0.3 is 9.47 Å². The Bertz CT molecular complexity index is 1870. The van der Waals surface area contributed by atoms with Crippen LogP contribution in [0.4, 0.5) is 13.2 Å². The normalized spacial score (nSPS) is 18.0. The average molecular weight is 630 g/mol. The quantitative estimate of drug-likeness (QED) is 0.264. The molecule has 1 aromatic carbocycles. The van der Waals surface area contributed by atoms with Gasteiger partial charge in [-0.2, -0.15) is 17.5 Å². The molecule has 1 aliphatic heterocycles. The molecule has 232 valence electrons. The molecule has 14 heteroatoms. The lowest BCUT2D eigenvalue weighted by atomic mass is 9.85. The number of benzene rings is 1. The third-order valence-electron chi connectivity index (χ3n) is 8.23. The first-order valence-electron chi connectivity index (χ1n) is 14.1. The van der Waals surface area contributed by atoms with Crippen LogP contribution in [0.15, 0.2) is 53.7 Å². The van der Waals surface area contributed by atoms with Crippen molar-refractivity contribution < 1.29 is 35.9 Å². The molecule has 2 aliphatic rings. The number of hydrogen-bond donors (Lipinski definition) is 0. The van der Waals surface area contributed by atoms with E-state index in [-0.39, 0.29) is 42.5 Å². The summed E-state index contributed by atoms with van der Waals surface area (Å²) in [6.45, 7) is 5.56. The Morgan fingerprint density at radius 1 is 1.16 bits per heavy atom. The molecule has 0 amide bonds. The second kappa shape index (κ2) is 10.8. The van der Waals surface area contributed by atoms with Crippen LogP contribution in [-0.4, -0.2) is 57.0 Å². The van der Waals surface area contributed by atoms with Crippen molar-refractivity contribution >= 4 is 21.6 Å². The number of esters is 1. The van der Waals surface area contributed by atoms with Gasteiger partial charge in [0.1, 0.15) is 10.5 Å². The van der Waals surface area contributed by atoms with Crippen molar-refractivity contribution in [3.05, 3.63) is 82.4 Å². The highest BCUT2D eigenvalue weighted by Crippen LogP contribution is 2.46. The van der Waals surface area contributed by atoms with Gasteiger partial charge in [0, 0.05) is 24.9 Å². The zero-order chi connectivity index (χ0) is 31.4. The van der Waals surface area contributed by atoms with Gasteiger partial charge in [0.05, 0.1) is 19.6 Å². The molecule has 3 aromatic heterocycles. The van der Waals surface area contributed by atoms with E-state index < -0.39 is 39.5 Å². The molecule has 0 bridgehead atoms. The van der Waals surface area contributed by atoms with E-state index in [4.69, 9.17) is 9.47 Å². The van der Waals surface area contributed by atoms with Gasteiger partial charge in [0.25, 0.3) is 0 Å². The summed E-state index contributed by atoms with van der Waals surface area (Å²) < 4.78 is 81.8. The SMILES string of the molecule is CCOC(=O)CC(c1ccc(C)c(CN2CC3(CC3)Oc3ncccc3S2(=O)=O)c1)c1ccn2c(C(F)(F)F)nnc2c1C. The number of carbonyl (C=O) groups is 1. The maximum Gasteiger partial charge on any atom is 0.452 e. The first kappa shape index (κ1) is 30.0. The number of halogens is 3. The second-order valence-electron chi connectivity index (χ2n) is 11.2. The molecule has 1 fully saturated rings. The van der Waals surface area contributed by atoms with Crippen LogP contribution in [0.2, 0.25) is 0 Å². The Kier molecular flexibility index (Phi) is 7.39. The molecule has 1 aliphatic carbocycles. The second-order valence-corrected chi connectivity index (χ2v) is 13.1. The highest BCUT2D eigenvalue weighted by molar-refractivity contribution is 7.89. The Balaban J connectivity index is 1.41. The Labute approximate surface area is 251 Å². The van der Waals surface area contributed by atoms with Gasteiger partial charge in [0.15, 0.2) is 5.65 Å². The summed E-state index contributed by atoms with van der Waals surface area (Å²) in [4.78, 5) is 17.0. The molecular weight excluding hydrogens is 599 g/mol. The summed E-state index contributed by atoms with van der Waals surface area (Å²) >= 11 is 0. The van der Waals surface area contributed by atoms with Crippen LogP contribution in [0.5, 0.6) is 5.88 Å². The molecule has 1 spiro atoms. The minimum atomic E-state index is -4.70. The number of hydrogen-bond acceptors (Lipinski definition) is 8. The fourth-order valence-corrected chi connectivity index (χ4v) is 7.26. The van der Waals surface area contributed by atoms with Gasteiger partial charge in [-0.1, -0.05) is 18.2 Å². The van der Waals surface area contributed by atoms with Crippen molar-refractivity contribution in [3.8, 4) is 5.88 Å². The largest absolute Gasteiger partial charge is 0.469 e. The molecule has 1 atom stereocenters. The van der Waals surface area contributed by atoms with Crippen molar-refractivity contribution in [3.63, 3.8) is 0 Å². The van der Waals surface area contributed by atoms with E-state index in [9.17, 15) is 26.4 Å². The molecule has 0 saturated heterocycles. The molecule has 1 saturated carbocycles. The zero-order valence-electron chi connectivity index (χ0n) is 24.3. The molecule has 0 N–H and O–H groups in total. The number of aromatic nitrogens is 4. The lowest BCUT2D eigenvalue weighted by Gasteiger charge is -2.25. The number of alkyl halides is 3. The third-order valence-corrected chi connectivity index (χ3v) is 10.0. The number of carbonyl (C=O) groups excluding carboxylic acids is 1. The summed E-state index contributed by atoms with van der Waals surface area (Å²) in [7, 11) is -3.96. The number of fused-ring (bicyclic) bond motifs is 2. The standard InChI is InChI=1S/C30H30F3N5O5S/c1-4-42-25(39)15-23(22-9-13-38-26(19(22)3)35-36-28(38)30(31,32)33)20-8-7-18(2)21(14-20)16-37-17-29(10-11-29)43-27-24(44(37,40)41)6-5-12-34-27/h5-9,12-14,23H,4,10-11,15-17H2,1-3H3. The highest BCUT2D eigenvalue weighted by Gasteiger charge is 2.52. The highest BCUT2D eigenvalue weighted by atomic mass is 32.2. The first-order valence-corrected chi connectivity index (χ1v) is 15.6. The number of sulfonamides is 1. The lowest BCUT2D eigenvalue weighted by molar-refractivity contribution is -0.145. The van der Waals surface area contributed by atoms with Gasteiger partial charge in [-0.3, -0.25) is 9.20 Å². The summed E-state index contributed by atoms with van der Waals surface area (Å²) in [5.74, 6) is -2.15. The Hall–Kier alpha value is -4.04. The minimum absolute atomic E-state index is 0.00762. The van der Waals surface area contributed by atoms with Crippen LogP contribution in [0.3, 0.4) is 0 Å². The Morgan fingerprint density at radius 3 is 2.64 bits per heavy atom. The van der Waals surface area contributed by atoms with Gasteiger partial charge in [-0.15, -0.1) is 10.2 Å². The van der Waals surface area contributed by atoms with Crippen molar-refractivity contribution in [2.24, 2.45) is 0 Å². The van der Waals surface area contributed by atoms with Crippen molar-refractivity contribution in [2.75, 3.05) is 13.2 Å². The van der Waals surface area contributed by atoms with Crippen LogP contribution >= 0.6 is 0 Å². The molecule has 10 nitrogen and oxygen atoms in total. The third kappa shape index (κ3) is 5.40. The number of rotatable bonds is 7. The summed E-state index contributed by atoms with van der Waals surface area (Å²) in [5, 5.41) is 7.15. The maximum atomic E-state index is 13.8. The molecule has 6 rings (SSSR count). The van der Waals surface area contributed by atoms with Crippen LogP contribution < -0.4 is 4.74 Å². The van der Waals surface area contributed by atoms with Crippen LogP contribution in [0.1, 0.15) is 65.7 Å². The number of aryl methyl sites for hydroxylation is 2. The summed E-state index contributed by atoms with van der Waals surface area (Å²) in [5.41, 5.74) is 2.61. The number of ether oxygens (including phenoxy) is 2. The summed E-state index contributed by atoms with van der Waals surface area (Å²) in [6, 6.07) is 10.1. The fourth-order valence-electron chi connectivity index (χ4n) is 5.70. The average Bonchev–Trinajstić information content (AvgIpc) is 3.58. The van der Waals surface area contributed by atoms with Crippen molar-refractivity contribution in [2.45, 2.75) is 69.2 Å². The van der Waals surface area contributed by atoms with E-state index in [0.717, 1.165) is 9.96 Å². The van der Waals surface area contributed by atoms with E-state index in [1.165, 1.54) is 28.8 Å². The van der Waals surface area contributed by atoms with Gasteiger partial charge in [0.2, 0.25) is 21.7 Å². The van der Waals surface area contributed by atoms with Crippen molar-refractivity contribution in [1.82, 2.24) is 23.9 Å². The lowest BCUT2D eigenvalue weighted by Crippen LogP contribution is -2.38. The first-order chi connectivity index (χ1) is 20.8. The monoisotopic (exact) mass is 629 g/mol. The van der Waals surface area contributed by atoms with E-state index in [1.54, 1.807) is 19.9 Å². The van der Waals surface area contributed by atoms with E-state index in [2.05, 4.69) is 15.2 Å². The number of nitrogens with zero attached hydrogens (tertiary/aromatic N) is 5. The molecule has 4 heterocycles. The van der Waals surface area contributed by atoms with Crippen LogP contribution in [0, 0.1) is 13.8 Å². The molecule has 4 aromatic rings. The van der Waals surface area contributed by atoms with Gasteiger partial charge in [-0.05, 0) is 79.6 Å². The predicted molar refractivity (Wildman–Crippen MR) is 151 cm³/mol. The smallest absolute Gasteiger partial charge is 0.452 e. The summed E-state index contributed by atoms with van der Waals surface area (Å²) in [6.07, 6.45) is -0.631. The van der Waals surface area contributed by atoms with Gasteiger partial charge >= 0.3 is 12.1 Å². The molecule has 0 radical (unpaired) electrons. The van der Waals surface area contributed by atoms with Crippen molar-refractivity contribution in [1.29, 1.82) is 0 Å². The topological polar surface area (TPSA) is 116 Å². The minimum Gasteiger partial charge on any atom is -0.469 e. The van der Waals surface area contributed by atoms with Gasteiger partial charge in [-0.25, -0.2) is 13.4 Å². The maximum absolute atomic E-state index is 13.8. The van der Waals surface area contributed by atoms with E-state index in [1.807, 2.05) is 25.1 Å². The molecule has 1 unspecified atom stereocenters. The fraction of sp³-hybridized carbons (Fsp3) is 0.400. The number of pyridine rings is 2. The predicted octanol–water partition coefficient (Wildman–Crippen LogP) is 4.96. The molecular formula is C30H30F3N5O5S. The van der Waals surface area contributed by atoms with Crippen LogP contribution in [-0.2, 0) is 32.3 Å². The van der Waals surface area contributed by atoms with E-state index in [0.29, 0.717) is 35.1 Å². The van der Waals surface area contributed by atoms with Crippen LogP contribution in [0.25, 0.3) is 5.65 Å². The molecule has 44 heavy (non-hydrogen) atoms. The zero-order valence-corrected chi connectivity index (χ0v) is 25.1. The Morgan fingerprint density at radius 2 is 1.93 bits per heavy atom.